The van der Waals surface area contributed by atoms with Crippen LogP contribution in [0.4, 0.5) is 5.69 Å². The van der Waals surface area contributed by atoms with Gasteiger partial charge in [0.2, 0.25) is 0 Å². The average Bonchev–Trinajstić information content (AvgIpc) is 1.93. The maximum Gasteiger partial charge on any atom is 0.0894 e. The van der Waals surface area contributed by atoms with Gasteiger partial charge in [0.15, 0.2) is 0 Å². The molecule has 1 rings (SSSR count). The molecule has 1 aromatic carbocycles. The van der Waals surface area contributed by atoms with Gasteiger partial charge in [-0.25, -0.2) is 0 Å². The molecular formula is C9H11NO. The van der Waals surface area contributed by atoms with Gasteiger partial charge in [0, 0.05) is 12.1 Å². The molecule has 0 unspecified atom stereocenters. The summed E-state index contributed by atoms with van der Waals surface area (Å²) < 4.78 is 0. The van der Waals surface area contributed by atoms with E-state index in [0.717, 1.165) is 11.3 Å². The third-order valence-electron chi connectivity index (χ3n) is 1.39. The Balaban J connectivity index is 2.74. The number of hydrogen-bond acceptors (Lipinski definition) is 2. The summed E-state index contributed by atoms with van der Waals surface area (Å²) in [5.41, 5.74) is 7.23. The molecule has 0 aliphatic rings. The summed E-state index contributed by atoms with van der Waals surface area (Å²) in [4.78, 5) is 0. The van der Waals surface area contributed by atoms with Crippen molar-refractivity contribution in [3.63, 3.8) is 0 Å². The average molecular weight is 149 g/mol. The predicted octanol–water partition coefficient (Wildman–Crippen LogP) is 1.88. The number of nitrogens with two attached hydrogens (primary N) is 1. The van der Waals surface area contributed by atoms with Crippen LogP contribution in [0.15, 0.2) is 36.6 Å². The lowest BCUT2D eigenvalue weighted by atomic mass is 10.1. The molecule has 0 heterocycles. The van der Waals surface area contributed by atoms with E-state index in [1.807, 2.05) is 12.1 Å². The summed E-state index contributed by atoms with van der Waals surface area (Å²) in [5, 5.41) is 8.85. The van der Waals surface area contributed by atoms with E-state index >= 15 is 0 Å². The molecule has 0 bridgehead atoms. The highest BCUT2D eigenvalue weighted by atomic mass is 16.3. The smallest absolute Gasteiger partial charge is 0.0894 e. The summed E-state index contributed by atoms with van der Waals surface area (Å²) in [7, 11) is 0. The van der Waals surface area contributed by atoms with Crippen molar-refractivity contribution in [2.24, 2.45) is 0 Å². The van der Waals surface area contributed by atoms with Crippen LogP contribution in [-0.2, 0) is 6.42 Å². The van der Waals surface area contributed by atoms with Crippen molar-refractivity contribution in [2.75, 3.05) is 5.73 Å². The first-order valence-corrected chi connectivity index (χ1v) is 3.39. The molecule has 0 aromatic heterocycles. The minimum Gasteiger partial charge on any atom is -0.513 e. The van der Waals surface area contributed by atoms with Crippen molar-refractivity contribution < 1.29 is 5.11 Å². The zero-order valence-electron chi connectivity index (χ0n) is 6.25. The first-order valence-electron chi connectivity index (χ1n) is 3.39. The zero-order valence-corrected chi connectivity index (χ0v) is 6.25. The molecule has 58 valence electrons. The molecule has 0 saturated carbocycles. The lowest BCUT2D eigenvalue weighted by Crippen LogP contribution is -1.89. The number of anilines is 1. The molecule has 2 heteroatoms. The van der Waals surface area contributed by atoms with E-state index in [9.17, 15) is 0 Å². The fourth-order valence-electron chi connectivity index (χ4n) is 0.871. The van der Waals surface area contributed by atoms with E-state index in [4.69, 9.17) is 10.8 Å². The SMILES string of the molecule is C=C(O)Cc1ccc(N)cc1. The molecule has 0 aliphatic carbocycles. The Morgan fingerprint density at radius 2 is 1.91 bits per heavy atom. The molecule has 0 spiro atoms. The minimum absolute atomic E-state index is 0.176. The van der Waals surface area contributed by atoms with Crippen LogP contribution in [0.2, 0.25) is 0 Å². The standard InChI is InChI=1S/C9H11NO/c1-7(11)6-8-2-4-9(10)5-3-8/h2-5,11H,1,6,10H2. The Morgan fingerprint density at radius 3 is 2.36 bits per heavy atom. The third-order valence-corrected chi connectivity index (χ3v) is 1.39. The van der Waals surface area contributed by atoms with Crippen molar-refractivity contribution in [3.05, 3.63) is 42.2 Å². The highest BCUT2D eigenvalue weighted by molar-refractivity contribution is 5.39. The largest absolute Gasteiger partial charge is 0.513 e. The quantitative estimate of drug-likeness (QED) is 0.498. The zero-order chi connectivity index (χ0) is 8.27. The number of benzene rings is 1. The number of hydrogen-bond donors (Lipinski definition) is 2. The van der Waals surface area contributed by atoms with Crippen LogP contribution in [0.25, 0.3) is 0 Å². The molecule has 0 atom stereocenters. The van der Waals surface area contributed by atoms with Gasteiger partial charge in [-0.1, -0.05) is 18.7 Å². The van der Waals surface area contributed by atoms with Gasteiger partial charge in [0.1, 0.15) is 0 Å². The summed E-state index contributed by atoms with van der Waals surface area (Å²) in [6.45, 7) is 3.40. The van der Waals surface area contributed by atoms with Gasteiger partial charge in [0.25, 0.3) is 0 Å². The number of rotatable bonds is 2. The highest BCUT2D eigenvalue weighted by Crippen LogP contribution is 2.07. The number of aliphatic hydroxyl groups is 1. The van der Waals surface area contributed by atoms with Crippen LogP contribution < -0.4 is 5.73 Å². The second-order valence-electron chi connectivity index (χ2n) is 2.48. The van der Waals surface area contributed by atoms with Crippen molar-refractivity contribution >= 4 is 5.69 Å². The molecule has 2 nitrogen and oxygen atoms in total. The van der Waals surface area contributed by atoms with Gasteiger partial charge in [-0.2, -0.15) is 0 Å². The van der Waals surface area contributed by atoms with Gasteiger partial charge in [0.05, 0.1) is 5.76 Å². The fraction of sp³-hybridized carbons (Fsp3) is 0.111. The summed E-state index contributed by atoms with van der Waals surface area (Å²) in [6, 6.07) is 7.35. The summed E-state index contributed by atoms with van der Waals surface area (Å²) in [6.07, 6.45) is 0.500. The lowest BCUT2D eigenvalue weighted by Gasteiger charge is -1.98. The maximum atomic E-state index is 8.85. The van der Waals surface area contributed by atoms with Crippen molar-refractivity contribution in [1.82, 2.24) is 0 Å². The van der Waals surface area contributed by atoms with Crippen LogP contribution in [0.1, 0.15) is 5.56 Å². The topological polar surface area (TPSA) is 46.2 Å². The Kier molecular flexibility index (Phi) is 2.16. The van der Waals surface area contributed by atoms with Gasteiger partial charge in [-0.05, 0) is 17.7 Å². The van der Waals surface area contributed by atoms with E-state index < -0.39 is 0 Å². The Hall–Kier alpha value is -1.44. The molecule has 0 fully saturated rings. The first kappa shape index (κ1) is 7.66. The van der Waals surface area contributed by atoms with Crippen LogP contribution in [0.3, 0.4) is 0 Å². The maximum absolute atomic E-state index is 8.85. The number of nitrogen functional groups attached to an aromatic ring is 1. The fourth-order valence-corrected chi connectivity index (χ4v) is 0.871. The Labute approximate surface area is 66.0 Å². The van der Waals surface area contributed by atoms with E-state index in [2.05, 4.69) is 6.58 Å². The van der Waals surface area contributed by atoms with Gasteiger partial charge >= 0.3 is 0 Å². The second kappa shape index (κ2) is 3.10. The van der Waals surface area contributed by atoms with Gasteiger partial charge in [-0.15, -0.1) is 0 Å². The van der Waals surface area contributed by atoms with Crippen molar-refractivity contribution in [1.29, 1.82) is 0 Å². The molecule has 0 amide bonds. The van der Waals surface area contributed by atoms with Crippen molar-refractivity contribution in [2.45, 2.75) is 6.42 Å². The van der Waals surface area contributed by atoms with Gasteiger partial charge in [-0.3, -0.25) is 0 Å². The van der Waals surface area contributed by atoms with Gasteiger partial charge < -0.3 is 10.8 Å². The number of aliphatic hydroxyl groups excluding tert-OH is 1. The molecule has 11 heavy (non-hydrogen) atoms. The molecular weight excluding hydrogens is 138 g/mol. The Bertz CT molecular complexity index is 251. The van der Waals surface area contributed by atoms with Crippen LogP contribution in [0.5, 0.6) is 0 Å². The van der Waals surface area contributed by atoms with E-state index in [1.54, 1.807) is 12.1 Å². The third kappa shape index (κ3) is 2.34. The normalized spacial score (nSPS) is 9.45. The second-order valence-corrected chi connectivity index (χ2v) is 2.48. The number of allylic oxidation sites excluding steroid dienone is 1. The monoisotopic (exact) mass is 149 g/mol. The minimum atomic E-state index is 0.176. The van der Waals surface area contributed by atoms with Crippen molar-refractivity contribution in [3.8, 4) is 0 Å². The molecule has 1 aromatic rings. The van der Waals surface area contributed by atoms with Crippen LogP contribution in [-0.4, -0.2) is 5.11 Å². The molecule has 0 saturated heterocycles. The Morgan fingerprint density at radius 1 is 1.36 bits per heavy atom. The van der Waals surface area contributed by atoms with Crippen LogP contribution in [0, 0.1) is 0 Å². The molecule has 0 aliphatic heterocycles. The van der Waals surface area contributed by atoms with E-state index in [-0.39, 0.29) is 5.76 Å². The van der Waals surface area contributed by atoms with E-state index in [1.165, 1.54) is 0 Å². The predicted molar refractivity (Wildman–Crippen MR) is 46.3 cm³/mol. The lowest BCUT2D eigenvalue weighted by molar-refractivity contribution is 0.401. The summed E-state index contributed by atoms with van der Waals surface area (Å²) >= 11 is 0. The highest BCUT2D eigenvalue weighted by Gasteiger charge is 1.93. The molecule has 3 N–H and O–H groups in total. The van der Waals surface area contributed by atoms with Crippen LogP contribution >= 0.6 is 0 Å². The summed E-state index contributed by atoms with van der Waals surface area (Å²) in [5.74, 6) is 0.176. The molecule has 0 radical (unpaired) electrons. The first-order chi connectivity index (χ1) is 5.18. The van der Waals surface area contributed by atoms with E-state index in [0.29, 0.717) is 6.42 Å².